The Kier molecular flexibility index (Phi) is 5.46. The van der Waals surface area contributed by atoms with Gasteiger partial charge in [0.05, 0.1) is 0 Å². The highest BCUT2D eigenvalue weighted by Gasteiger charge is 2.15. The van der Waals surface area contributed by atoms with Crippen LogP contribution in [-0.4, -0.2) is 38.5 Å². The maximum atomic E-state index is 10.8. The first-order valence-electron chi connectivity index (χ1n) is 2.55. The van der Waals surface area contributed by atoms with Gasteiger partial charge in [-0.3, -0.25) is 4.79 Å². The van der Waals surface area contributed by atoms with E-state index in [-0.39, 0.29) is 12.4 Å². The lowest BCUT2D eigenvalue weighted by atomic mass is 10.8. The van der Waals surface area contributed by atoms with Crippen LogP contribution in [0.5, 0.6) is 0 Å². The normalized spacial score (nSPS) is 10.8. The molecule has 0 aliphatic heterocycles. The molecule has 0 atom stereocenters. The Morgan fingerprint density at radius 3 is 1.91 bits per heavy atom. The molecule has 5 nitrogen and oxygen atoms in total. The van der Waals surface area contributed by atoms with Crippen LogP contribution >= 0.6 is 12.4 Å². The smallest absolute Gasteiger partial charge is 0.234 e. The number of sulfonamides is 1. The summed E-state index contributed by atoms with van der Waals surface area (Å²) in [6, 6.07) is 0. The highest BCUT2D eigenvalue weighted by molar-refractivity contribution is 7.89. The molecule has 11 heavy (non-hydrogen) atoms. The molecule has 0 spiro atoms. The van der Waals surface area contributed by atoms with E-state index in [1.165, 1.54) is 14.1 Å². The van der Waals surface area contributed by atoms with Crippen LogP contribution in [0.25, 0.3) is 0 Å². The molecule has 0 unspecified atom stereocenters. The number of carbonyl (C=O) groups is 1. The van der Waals surface area contributed by atoms with Gasteiger partial charge in [-0.2, -0.15) is 0 Å². The lowest BCUT2D eigenvalue weighted by Crippen LogP contribution is -2.32. The van der Waals surface area contributed by atoms with Gasteiger partial charge in [0.15, 0.2) is 0 Å². The largest absolute Gasteiger partial charge is 0.369 e. The molecule has 0 aromatic heterocycles. The fraction of sp³-hybridized carbons (Fsp3) is 0.750. The predicted molar refractivity (Wildman–Crippen MR) is 43.9 cm³/mol. The van der Waals surface area contributed by atoms with Gasteiger partial charge in [0.25, 0.3) is 0 Å². The third-order valence-electron chi connectivity index (χ3n) is 0.881. The number of hydrogen-bond donors (Lipinski definition) is 1. The molecule has 0 aromatic carbocycles. The minimum Gasteiger partial charge on any atom is -0.369 e. The topological polar surface area (TPSA) is 80.5 Å². The number of rotatable bonds is 3. The minimum absolute atomic E-state index is 0. The summed E-state index contributed by atoms with van der Waals surface area (Å²) in [4.78, 5) is 10.1. The number of nitrogens with two attached hydrogens (primary N) is 1. The molecule has 0 fully saturated rings. The minimum atomic E-state index is -3.44. The number of amides is 1. The Morgan fingerprint density at radius 2 is 1.82 bits per heavy atom. The van der Waals surface area contributed by atoms with Crippen LogP contribution in [0.2, 0.25) is 0 Å². The van der Waals surface area contributed by atoms with Crippen LogP contribution in [0.15, 0.2) is 0 Å². The standard InChI is InChI=1S/C4H10N2O3S.ClH/c1-6(2)10(8,9)3-4(5)7;/h3H2,1-2H3,(H2,5,7);1H. The second-order valence-corrected chi connectivity index (χ2v) is 4.19. The van der Waals surface area contributed by atoms with Gasteiger partial charge in [-0.15, -0.1) is 12.4 Å². The molecule has 0 aliphatic rings. The first kappa shape index (κ1) is 13.3. The maximum absolute atomic E-state index is 10.8. The quantitative estimate of drug-likeness (QED) is 0.623. The van der Waals surface area contributed by atoms with Crippen LogP contribution in [0.1, 0.15) is 0 Å². The summed E-state index contributed by atoms with van der Waals surface area (Å²) < 4.78 is 22.5. The van der Waals surface area contributed by atoms with E-state index in [0.29, 0.717) is 0 Å². The van der Waals surface area contributed by atoms with Gasteiger partial charge >= 0.3 is 0 Å². The summed E-state index contributed by atoms with van der Waals surface area (Å²) in [6.07, 6.45) is 0. The zero-order chi connectivity index (χ0) is 8.36. The van der Waals surface area contributed by atoms with Gasteiger partial charge in [0.1, 0.15) is 5.75 Å². The summed E-state index contributed by atoms with van der Waals surface area (Å²) in [5.41, 5.74) is 4.67. The molecule has 0 bridgehead atoms. The summed E-state index contributed by atoms with van der Waals surface area (Å²) in [7, 11) is -0.748. The molecule has 68 valence electrons. The van der Waals surface area contributed by atoms with E-state index in [2.05, 4.69) is 5.73 Å². The summed E-state index contributed by atoms with van der Waals surface area (Å²) in [5, 5.41) is 0. The first-order chi connectivity index (χ1) is 4.36. The van der Waals surface area contributed by atoms with Crippen molar-refractivity contribution in [2.24, 2.45) is 5.73 Å². The van der Waals surface area contributed by atoms with Gasteiger partial charge < -0.3 is 5.73 Å². The summed E-state index contributed by atoms with van der Waals surface area (Å²) >= 11 is 0. The summed E-state index contributed by atoms with van der Waals surface area (Å²) in [6.45, 7) is 0. The van der Waals surface area contributed by atoms with Crippen molar-refractivity contribution in [3.63, 3.8) is 0 Å². The van der Waals surface area contributed by atoms with Crippen molar-refractivity contribution in [2.75, 3.05) is 19.8 Å². The van der Waals surface area contributed by atoms with Gasteiger partial charge in [-0.25, -0.2) is 12.7 Å². The third kappa shape index (κ3) is 5.00. The van der Waals surface area contributed by atoms with E-state index in [0.717, 1.165) is 4.31 Å². The molecule has 0 heterocycles. The van der Waals surface area contributed by atoms with Crippen molar-refractivity contribution in [2.45, 2.75) is 0 Å². The molecular formula is C4H11ClN2O3S. The van der Waals surface area contributed by atoms with Crippen LogP contribution in [0, 0.1) is 0 Å². The van der Waals surface area contributed by atoms with Gasteiger partial charge in [0, 0.05) is 14.1 Å². The zero-order valence-electron chi connectivity index (χ0n) is 6.27. The molecule has 0 aromatic rings. The third-order valence-corrected chi connectivity index (χ3v) is 2.64. The van der Waals surface area contributed by atoms with Crippen molar-refractivity contribution in [1.29, 1.82) is 0 Å². The molecule has 1 amide bonds. The van der Waals surface area contributed by atoms with E-state index in [1.54, 1.807) is 0 Å². The monoisotopic (exact) mass is 202 g/mol. The van der Waals surface area contributed by atoms with Crippen molar-refractivity contribution in [3.8, 4) is 0 Å². The average Bonchev–Trinajstić information content (AvgIpc) is 1.60. The molecule has 0 radical (unpaired) electrons. The second kappa shape index (κ2) is 4.53. The number of halogens is 1. The van der Waals surface area contributed by atoms with Crippen LogP contribution in [0.4, 0.5) is 0 Å². The molecule has 0 saturated carbocycles. The highest BCUT2D eigenvalue weighted by Crippen LogP contribution is 1.91. The van der Waals surface area contributed by atoms with Crippen molar-refractivity contribution >= 4 is 28.3 Å². The molecule has 7 heteroatoms. The van der Waals surface area contributed by atoms with E-state index in [1.807, 2.05) is 0 Å². The lowest BCUT2D eigenvalue weighted by molar-refractivity contribution is -0.115. The first-order valence-corrected chi connectivity index (χ1v) is 4.15. The van der Waals surface area contributed by atoms with Crippen LogP contribution in [0.3, 0.4) is 0 Å². The molecular weight excluding hydrogens is 192 g/mol. The Labute approximate surface area is 72.0 Å². The predicted octanol–water partition coefficient (Wildman–Crippen LogP) is -1.22. The van der Waals surface area contributed by atoms with Gasteiger partial charge in [0.2, 0.25) is 15.9 Å². The van der Waals surface area contributed by atoms with Crippen molar-refractivity contribution < 1.29 is 13.2 Å². The van der Waals surface area contributed by atoms with E-state index >= 15 is 0 Å². The van der Waals surface area contributed by atoms with E-state index in [9.17, 15) is 13.2 Å². The maximum Gasteiger partial charge on any atom is 0.234 e. The van der Waals surface area contributed by atoms with Crippen molar-refractivity contribution in [3.05, 3.63) is 0 Å². The molecule has 0 aliphatic carbocycles. The molecule has 0 saturated heterocycles. The summed E-state index contributed by atoms with van der Waals surface area (Å²) in [5.74, 6) is -1.46. The number of nitrogens with zero attached hydrogens (tertiary/aromatic N) is 1. The van der Waals surface area contributed by atoms with E-state index < -0.39 is 21.7 Å². The highest BCUT2D eigenvalue weighted by atomic mass is 35.5. The zero-order valence-corrected chi connectivity index (χ0v) is 7.91. The number of carbonyl (C=O) groups excluding carboxylic acids is 1. The van der Waals surface area contributed by atoms with Crippen LogP contribution < -0.4 is 5.73 Å². The van der Waals surface area contributed by atoms with E-state index in [4.69, 9.17) is 0 Å². The Bertz CT molecular complexity index is 223. The number of hydrogen-bond acceptors (Lipinski definition) is 3. The second-order valence-electron chi connectivity index (χ2n) is 2.00. The fourth-order valence-electron chi connectivity index (χ4n) is 0.309. The Hall–Kier alpha value is -0.330. The van der Waals surface area contributed by atoms with Gasteiger partial charge in [-0.1, -0.05) is 0 Å². The molecule has 0 rings (SSSR count). The number of primary amides is 1. The average molecular weight is 203 g/mol. The van der Waals surface area contributed by atoms with Gasteiger partial charge in [-0.05, 0) is 0 Å². The van der Waals surface area contributed by atoms with Crippen LogP contribution in [-0.2, 0) is 14.8 Å². The van der Waals surface area contributed by atoms with Crippen molar-refractivity contribution in [1.82, 2.24) is 4.31 Å². The lowest BCUT2D eigenvalue weighted by Gasteiger charge is -2.07. The Morgan fingerprint density at radius 1 is 1.45 bits per heavy atom. The molecule has 2 N–H and O–H groups in total. The fourth-order valence-corrected chi connectivity index (χ4v) is 0.927. The SMILES string of the molecule is CN(C)S(=O)(=O)CC(N)=O.Cl. The Balaban J connectivity index is 0.